The fourth-order valence-corrected chi connectivity index (χ4v) is 9.06. The van der Waals surface area contributed by atoms with Gasteiger partial charge < -0.3 is 5.11 Å². The zero-order valence-corrected chi connectivity index (χ0v) is 22.9. The number of nitriles is 1. The highest BCUT2D eigenvalue weighted by Crippen LogP contribution is 2.46. The van der Waals surface area contributed by atoms with Gasteiger partial charge >= 0.3 is 6.09 Å². The highest BCUT2D eigenvalue weighted by molar-refractivity contribution is 7.97. The number of ketones is 1. The molecule has 0 radical (unpaired) electrons. The number of carbonyl (C=O) groups is 2. The highest BCUT2D eigenvalue weighted by atomic mass is 31.2. The van der Waals surface area contributed by atoms with Gasteiger partial charge in [-0.2, -0.15) is 5.26 Å². The lowest BCUT2D eigenvalue weighted by molar-refractivity contribution is -0.119. The van der Waals surface area contributed by atoms with Crippen molar-refractivity contribution in [2.45, 2.75) is 58.5 Å². The first-order valence-corrected chi connectivity index (χ1v) is 14.4. The average Bonchev–Trinajstić information content (AvgIpc) is 2.89. The third-order valence-electron chi connectivity index (χ3n) is 6.48. The maximum atomic E-state index is 14.6. The second kappa shape index (κ2) is 12.1. The third-order valence-corrected chi connectivity index (χ3v) is 10.7. The Morgan fingerprint density at radius 1 is 0.865 bits per heavy atom. The Balaban J connectivity index is 2.52. The number of rotatable bonds is 9. The van der Waals surface area contributed by atoms with E-state index in [1.165, 1.54) is 4.90 Å². The molecule has 192 valence electrons. The summed E-state index contributed by atoms with van der Waals surface area (Å²) in [7, 11) is 0. The van der Waals surface area contributed by atoms with E-state index in [4.69, 9.17) is 0 Å². The first kappa shape index (κ1) is 28.0. The molecule has 0 fully saturated rings. The molecular weight excluding hydrogens is 479 g/mol. The molecule has 37 heavy (non-hydrogen) atoms. The minimum atomic E-state index is -2.94. The van der Waals surface area contributed by atoms with Crippen LogP contribution in [0.1, 0.15) is 47.0 Å². The molecule has 6 heteroatoms. The Morgan fingerprint density at radius 3 is 1.57 bits per heavy atom. The number of amides is 1. The molecule has 0 bridgehead atoms. The fraction of sp³-hybridized carbons (Fsp3) is 0.290. The molecule has 0 saturated carbocycles. The average molecular weight is 515 g/mol. The molecule has 3 aromatic carbocycles. The summed E-state index contributed by atoms with van der Waals surface area (Å²) in [4.78, 5) is 28.4. The van der Waals surface area contributed by atoms with Crippen molar-refractivity contribution in [3.05, 3.63) is 91.0 Å². The molecule has 0 aliphatic heterocycles. The minimum Gasteiger partial charge on any atom is -0.465 e. The second-order valence-electron chi connectivity index (χ2n) is 9.98. The SMILES string of the molecule is CCCC[C@@H](C(=O)C(C#N)=P(c1ccccc1)(c1ccccc1)c1ccccc1)N(C(=O)O)C(C)(C)C. The van der Waals surface area contributed by atoms with Crippen molar-refractivity contribution in [3.63, 3.8) is 0 Å². The topological polar surface area (TPSA) is 81.4 Å². The Bertz CT molecular complexity index is 1200. The number of carboxylic acid groups (broad SMARTS) is 1. The van der Waals surface area contributed by atoms with Crippen LogP contribution in [0.4, 0.5) is 4.79 Å². The van der Waals surface area contributed by atoms with Gasteiger partial charge in [0.15, 0.2) is 5.78 Å². The molecule has 3 rings (SSSR count). The summed E-state index contributed by atoms with van der Waals surface area (Å²) in [5.74, 6) is -0.418. The zero-order chi connectivity index (χ0) is 27.1. The van der Waals surface area contributed by atoms with Gasteiger partial charge in [0.2, 0.25) is 0 Å². The molecule has 0 unspecified atom stereocenters. The van der Waals surface area contributed by atoms with Crippen LogP contribution >= 0.6 is 6.89 Å². The second-order valence-corrected chi connectivity index (χ2v) is 13.3. The van der Waals surface area contributed by atoms with Gasteiger partial charge in [-0.1, -0.05) is 111 Å². The van der Waals surface area contributed by atoms with Crippen molar-refractivity contribution in [2.75, 3.05) is 0 Å². The van der Waals surface area contributed by atoms with Gasteiger partial charge in [-0.3, -0.25) is 9.69 Å². The quantitative estimate of drug-likeness (QED) is 0.378. The van der Waals surface area contributed by atoms with Gasteiger partial charge in [0, 0.05) is 5.54 Å². The van der Waals surface area contributed by atoms with Crippen molar-refractivity contribution < 1.29 is 14.7 Å². The van der Waals surface area contributed by atoms with Gasteiger partial charge in [-0.05, 0) is 50.0 Å². The Morgan fingerprint density at radius 2 is 1.27 bits per heavy atom. The molecule has 0 aliphatic carbocycles. The number of hydrogen-bond donors (Lipinski definition) is 1. The highest BCUT2D eigenvalue weighted by Gasteiger charge is 2.42. The number of nitrogens with zero attached hydrogens (tertiary/aromatic N) is 2. The lowest BCUT2D eigenvalue weighted by atomic mass is 9.96. The molecule has 1 amide bonds. The molecule has 0 heterocycles. The van der Waals surface area contributed by atoms with Crippen LogP contribution in [0.25, 0.3) is 0 Å². The van der Waals surface area contributed by atoms with E-state index in [9.17, 15) is 20.0 Å². The van der Waals surface area contributed by atoms with E-state index >= 15 is 0 Å². The molecular formula is C31H35N2O3P. The maximum Gasteiger partial charge on any atom is 0.408 e. The molecule has 0 spiro atoms. The monoisotopic (exact) mass is 514 g/mol. The first-order valence-electron chi connectivity index (χ1n) is 12.6. The predicted molar refractivity (Wildman–Crippen MR) is 154 cm³/mol. The smallest absolute Gasteiger partial charge is 0.408 e. The van der Waals surface area contributed by atoms with Crippen LogP contribution in [0.2, 0.25) is 0 Å². The lowest BCUT2D eigenvalue weighted by Gasteiger charge is -2.40. The van der Waals surface area contributed by atoms with E-state index in [0.29, 0.717) is 12.8 Å². The molecule has 3 aromatic rings. The van der Waals surface area contributed by atoms with Gasteiger partial charge in [0.25, 0.3) is 0 Å². The number of benzene rings is 3. The van der Waals surface area contributed by atoms with Crippen LogP contribution in [-0.4, -0.2) is 38.8 Å². The molecule has 5 nitrogen and oxygen atoms in total. The standard InChI is InChI=1S/C31H35N2O3P/c1-5-6-22-27(33(30(35)36)31(2,3)4)29(34)28(23-32)37(24-16-10-7-11-17-24,25-18-12-8-13-19-25)26-20-14-9-15-21-26/h7-21,27H,5-6,22H2,1-4H3,(H,35,36)/t27-/m0/s1. The van der Waals surface area contributed by atoms with E-state index in [0.717, 1.165) is 22.3 Å². The van der Waals surface area contributed by atoms with Crippen molar-refractivity contribution in [3.8, 4) is 6.07 Å². The van der Waals surface area contributed by atoms with E-state index in [2.05, 4.69) is 6.07 Å². The van der Waals surface area contributed by atoms with E-state index in [1.54, 1.807) is 20.8 Å². The first-order chi connectivity index (χ1) is 17.7. The number of hydrogen-bond acceptors (Lipinski definition) is 3. The zero-order valence-electron chi connectivity index (χ0n) is 22.0. The van der Waals surface area contributed by atoms with Crippen molar-refractivity contribution >= 4 is 40.0 Å². The van der Waals surface area contributed by atoms with Crippen LogP contribution in [0.5, 0.6) is 0 Å². The largest absolute Gasteiger partial charge is 0.465 e. The van der Waals surface area contributed by atoms with Crippen LogP contribution in [0.3, 0.4) is 0 Å². The summed E-state index contributed by atoms with van der Waals surface area (Å²) in [6, 6.07) is 30.4. The summed E-state index contributed by atoms with van der Waals surface area (Å²) in [6.45, 7) is 4.42. The van der Waals surface area contributed by atoms with Crippen molar-refractivity contribution in [1.29, 1.82) is 5.26 Å². The summed E-state index contributed by atoms with van der Waals surface area (Å²) >= 11 is 0. The predicted octanol–water partition coefficient (Wildman–Crippen LogP) is 5.58. The molecule has 0 aliphatic rings. The van der Waals surface area contributed by atoms with Gasteiger partial charge in [-0.25, -0.2) is 4.79 Å². The molecule has 0 aromatic heterocycles. The maximum absolute atomic E-state index is 14.6. The van der Waals surface area contributed by atoms with Crippen LogP contribution in [0.15, 0.2) is 91.0 Å². The van der Waals surface area contributed by atoms with E-state index in [1.807, 2.05) is 97.9 Å². The normalized spacial score (nSPS) is 12.3. The van der Waals surface area contributed by atoms with Gasteiger partial charge in [0.05, 0.1) is 6.04 Å². The molecule has 0 saturated heterocycles. The lowest BCUT2D eigenvalue weighted by Crippen LogP contribution is -2.56. The van der Waals surface area contributed by atoms with Crippen molar-refractivity contribution in [2.24, 2.45) is 0 Å². The van der Waals surface area contributed by atoms with Crippen LogP contribution in [0, 0.1) is 11.3 Å². The molecule has 1 N–H and O–H groups in total. The van der Waals surface area contributed by atoms with E-state index < -0.39 is 30.3 Å². The number of Topliss-reactive ketones (excluding diaryl/α,β-unsaturated/α-hetero) is 1. The minimum absolute atomic E-state index is 0.118. The number of unbranched alkanes of at least 4 members (excludes halogenated alkanes) is 1. The van der Waals surface area contributed by atoms with Gasteiger partial charge in [-0.15, -0.1) is 0 Å². The van der Waals surface area contributed by atoms with Crippen molar-refractivity contribution in [1.82, 2.24) is 4.90 Å². The van der Waals surface area contributed by atoms with Crippen LogP contribution in [-0.2, 0) is 4.79 Å². The Kier molecular flexibility index (Phi) is 9.14. The van der Waals surface area contributed by atoms with E-state index in [-0.39, 0.29) is 5.29 Å². The Labute approximate surface area is 220 Å². The fourth-order valence-electron chi connectivity index (χ4n) is 4.91. The Hall–Kier alpha value is -3.61. The third kappa shape index (κ3) is 5.71. The number of carbonyl (C=O) groups excluding carboxylic acids is 1. The summed E-state index contributed by atoms with van der Waals surface area (Å²) in [6.07, 6.45) is 0.659. The van der Waals surface area contributed by atoms with Crippen LogP contribution < -0.4 is 15.9 Å². The summed E-state index contributed by atoms with van der Waals surface area (Å²) < 4.78 is 0. The summed E-state index contributed by atoms with van der Waals surface area (Å²) in [5.41, 5.74) is -0.826. The summed E-state index contributed by atoms with van der Waals surface area (Å²) in [5, 5.41) is 23.7. The van der Waals surface area contributed by atoms with Gasteiger partial charge in [0.1, 0.15) is 11.4 Å². The molecule has 1 atom stereocenters.